The molecule has 50 heavy (non-hydrogen) atoms. The quantitative estimate of drug-likeness (QED) is 0.179. The van der Waals surface area contributed by atoms with E-state index in [2.05, 4.69) is 190 Å². The second-order valence-electron chi connectivity index (χ2n) is 13.0. The predicted molar refractivity (Wildman–Crippen MR) is 213 cm³/mol. The summed E-state index contributed by atoms with van der Waals surface area (Å²) in [5.41, 5.74) is 10.6. The second-order valence-corrected chi connectivity index (χ2v) is 14.0. The Balaban J connectivity index is 1.22. The third kappa shape index (κ3) is 3.85. The monoisotopic (exact) mass is 655 g/mol. The van der Waals surface area contributed by atoms with E-state index in [4.69, 9.17) is 0 Å². The molecule has 0 aliphatic heterocycles. The minimum Gasteiger partial charge on any atom is -0.301 e. The fourth-order valence-electron chi connectivity index (χ4n) is 8.14. The molecule has 4 aromatic heterocycles. The van der Waals surface area contributed by atoms with Gasteiger partial charge < -0.3 is 4.57 Å². The molecule has 11 aromatic rings. The Hall–Kier alpha value is -6.36. The zero-order chi connectivity index (χ0) is 32.8. The average Bonchev–Trinajstić information content (AvgIpc) is 3.91. The number of thiophene rings is 1. The lowest BCUT2D eigenvalue weighted by molar-refractivity contribution is 1.06. The van der Waals surface area contributed by atoms with Gasteiger partial charge in [-0.2, -0.15) is 0 Å². The average molecular weight is 656 g/mol. The molecule has 0 N–H and O–H groups in total. The number of para-hydroxylation sites is 3. The molecule has 0 aliphatic carbocycles. The Labute approximate surface area is 292 Å². The molecule has 0 unspecified atom stereocenters. The highest BCUT2D eigenvalue weighted by atomic mass is 32.1. The molecule has 234 valence electrons. The van der Waals surface area contributed by atoms with Crippen molar-refractivity contribution >= 4 is 75.4 Å². The van der Waals surface area contributed by atoms with E-state index in [-0.39, 0.29) is 0 Å². The summed E-state index contributed by atoms with van der Waals surface area (Å²) in [5, 5.41) is 7.71. The van der Waals surface area contributed by atoms with Gasteiger partial charge in [-0.15, -0.1) is 11.3 Å². The molecule has 0 spiro atoms. The smallest absolute Gasteiger partial charge is 0.131 e. The van der Waals surface area contributed by atoms with Gasteiger partial charge in [0.25, 0.3) is 0 Å². The normalized spacial score (nSPS) is 12.0. The molecule has 4 heterocycles. The summed E-state index contributed by atoms with van der Waals surface area (Å²) in [6.07, 6.45) is 0. The number of fused-ring (bicyclic) bond motifs is 10. The summed E-state index contributed by atoms with van der Waals surface area (Å²) in [6.45, 7) is 0. The zero-order valence-electron chi connectivity index (χ0n) is 27.0. The fraction of sp³-hybridized carbons (Fsp3) is 0. The molecule has 0 radical (unpaired) electrons. The minimum absolute atomic E-state index is 1.13. The molecule has 4 heteroatoms. The zero-order valence-corrected chi connectivity index (χ0v) is 27.8. The van der Waals surface area contributed by atoms with Crippen LogP contribution in [0.2, 0.25) is 0 Å². The lowest BCUT2D eigenvalue weighted by Crippen LogP contribution is -2.03. The lowest BCUT2D eigenvalue weighted by atomic mass is 10.1. The van der Waals surface area contributed by atoms with Gasteiger partial charge in [-0.25, -0.2) is 0 Å². The van der Waals surface area contributed by atoms with E-state index in [1.807, 2.05) is 11.3 Å². The molecule has 0 atom stereocenters. The SMILES string of the molecule is c1ccc(-c2cccc(-n3c4ccccc4c4c5ccccc5n(-c5cccc(-n6c7ccccc7c7c8ccccc8sc76)c5)c43)c2)cc1. The van der Waals surface area contributed by atoms with Gasteiger partial charge in [0.2, 0.25) is 0 Å². The van der Waals surface area contributed by atoms with Gasteiger partial charge in [-0.05, 0) is 65.7 Å². The predicted octanol–water partition coefficient (Wildman–Crippen LogP) is 12.7. The maximum Gasteiger partial charge on any atom is 0.131 e. The molecular formula is C46H29N3S. The van der Waals surface area contributed by atoms with Crippen molar-refractivity contribution in [3.8, 4) is 28.2 Å². The first kappa shape index (κ1) is 27.6. The Bertz CT molecular complexity index is 3100. The topological polar surface area (TPSA) is 14.8 Å². The van der Waals surface area contributed by atoms with Crippen molar-refractivity contribution < 1.29 is 0 Å². The number of hydrogen-bond acceptors (Lipinski definition) is 1. The van der Waals surface area contributed by atoms with E-state index in [9.17, 15) is 0 Å². The molecule has 0 saturated carbocycles. The summed E-state index contributed by atoms with van der Waals surface area (Å²) < 4.78 is 8.70. The number of benzene rings is 7. The van der Waals surface area contributed by atoms with Crippen LogP contribution in [0.1, 0.15) is 0 Å². The molecule has 11 rings (SSSR count). The van der Waals surface area contributed by atoms with Gasteiger partial charge in [0, 0.05) is 54.1 Å². The summed E-state index contributed by atoms with van der Waals surface area (Å²) in [6, 6.07) is 64.0. The Kier molecular flexibility index (Phi) is 5.83. The molecule has 7 aromatic carbocycles. The van der Waals surface area contributed by atoms with Gasteiger partial charge >= 0.3 is 0 Å². The highest BCUT2D eigenvalue weighted by Gasteiger charge is 2.23. The second kappa shape index (κ2) is 10.6. The van der Waals surface area contributed by atoms with E-state index in [1.54, 1.807) is 0 Å². The molecule has 3 nitrogen and oxygen atoms in total. The number of nitrogens with zero attached hydrogens (tertiary/aromatic N) is 3. The Morgan fingerprint density at radius 1 is 0.340 bits per heavy atom. The highest BCUT2D eigenvalue weighted by Crippen LogP contribution is 2.44. The fourth-order valence-corrected chi connectivity index (χ4v) is 9.40. The Morgan fingerprint density at radius 3 is 1.50 bits per heavy atom. The molecule has 0 aliphatic rings. The third-order valence-corrected chi connectivity index (χ3v) is 11.4. The molecule has 0 fully saturated rings. The van der Waals surface area contributed by atoms with Crippen molar-refractivity contribution in [3.63, 3.8) is 0 Å². The van der Waals surface area contributed by atoms with Gasteiger partial charge in [0.1, 0.15) is 10.5 Å². The van der Waals surface area contributed by atoms with E-state index >= 15 is 0 Å². The molecular weight excluding hydrogens is 627 g/mol. The van der Waals surface area contributed by atoms with Crippen LogP contribution in [0.3, 0.4) is 0 Å². The van der Waals surface area contributed by atoms with Crippen LogP contribution in [-0.4, -0.2) is 13.7 Å². The summed E-state index contributed by atoms with van der Waals surface area (Å²) in [5.74, 6) is 0. The van der Waals surface area contributed by atoms with E-state index in [1.165, 1.54) is 75.2 Å². The van der Waals surface area contributed by atoms with Crippen LogP contribution in [0.5, 0.6) is 0 Å². The van der Waals surface area contributed by atoms with Gasteiger partial charge in [-0.1, -0.05) is 121 Å². The third-order valence-electron chi connectivity index (χ3n) is 10.2. The van der Waals surface area contributed by atoms with Crippen LogP contribution in [0, 0.1) is 0 Å². The van der Waals surface area contributed by atoms with Crippen molar-refractivity contribution in [1.82, 2.24) is 13.7 Å². The van der Waals surface area contributed by atoms with E-state index in [0.29, 0.717) is 0 Å². The summed E-state index contributed by atoms with van der Waals surface area (Å²) >= 11 is 1.87. The van der Waals surface area contributed by atoms with Crippen LogP contribution in [0.25, 0.3) is 92.2 Å². The van der Waals surface area contributed by atoms with Gasteiger partial charge in [0.15, 0.2) is 0 Å². The summed E-state index contributed by atoms with van der Waals surface area (Å²) in [4.78, 5) is 1.28. The van der Waals surface area contributed by atoms with Crippen molar-refractivity contribution in [1.29, 1.82) is 0 Å². The first-order chi connectivity index (χ1) is 24.8. The lowest BCUT2D eigenvalue weighted by Gasteiger charge is -2.15. The highest BCUT2D eigenvalue weighted by molar-refractivity contribution is 7.25. The molecule has 0 saturated heterocycles. The van der Waals surface area contributed by atoms with Crippen molar-refractivity contribution in [2.24, 2.45) is 0 Å². The van der Waals surface area contributed by atoms with Crippen molar-refractivity contribution in [2.45, 2.75) is 0 Å². The largest absolute Gasteiger partial charge is 0.301 e. The van der Waals surface area contributed by atoms with E-state index < -0.39 is 0 Å². The van der Waals surface area contributed by atoms with Crippen LogP contribution in [0.4, 0.5) is 0 Å². The number of rotatable bonds is 4. The maximum atomic E-state index is 2.47. The Morgan fingerprint density at radius 2 is 0.820 bits per heavy atom. The van der Waals surface area contributed by atoms with Crippen LogP contribution in [-0.2, 0) is 0 Å². The number of aromatic nitrogens is 3. The van der Waals surface area contributed by atoms with Gasteiger partial charge in [0.05, 0.1) is 16.6 Å². The first-order valence-corrected chi connectivity index (χ1v) is 17.9. The van der Waals surface area contributed by atoms with Crippen LogP contribution < -0.4 is 0 Å². The molecule has 0 bridgehead atoms. The van der Waals surface area contributed by atoms with Crippen molar-refractivity contribution in [2.75, 3.05) is 0 Å². The molecule has 0 amide bonds. The van der Waals surface area contributed by atoms with Crippen LogP contribution in [0.15, 0.2) is 176 Å². The maximum absolute atomic E-state index is 2.47. The van der Waals surface area contributed by atoms with E-state index in [0.717, 1.165) is 17.1 Å². The van der Waals surface area contributed by atoms with Gasteiger partial charge in [-0.3, -0.25) is 9.13 Å². The minimum atomic E-state index is 1.13. The summed E-state index contributed by atoms with van der Waals surface area (Å²) in [7, 11) is 0. The standard InChI is InChI=1S/C46H29N3S/c1-2-14-30(15-3-1)31-16-12-17-32(28-31)47-39-24-8-4-20-35(39)43-36-21-5-9-25-40(36)48(45(43)47)33-18-13-19-34(29-33)49-41-26-10-6-22-37(41)44-38-23-7-11-27-42(38)50-46(44)49/h1-29H. The first-order valence-electron chi connectivity index (χ1n) is 17.0. The van der Waals surface area contributed by atoms with Crippen molar-refractivity contribution in [3.05, 3.63) is 176 Å². The number of hydrogen-bond donors (Lipinski definition) is 0. The van der Waals surface area contributed by atoms with Crippen LogP contribution >= 0.6 is 11.3 Å².